The van der Waals surface area contributed by atoms with Crippen LogP contribution in [-0.2, 0) is 6.42 Å². The molecule has 3 rings (SSSR count). The van der Waals surface area contributed by atoms with E-state index in [2.05, 4.69) is 0 Å². The number of hydrogen-bond donors (Lipinski definition) is 1. The van der Waals surface area contributed by atoms with E-state index in [4.69, 9.17) is 5.73 Å². The summed E-state index contributed by atoms with van der Waals surface area (Å²) < 4.78 is 63.5. The SMILES string of the molecule is Cc1ccc(N)cc1F.Fc1cc(CC2CC2)c(F)c(F)c1F. The van der Waals surface area contributed by atoms with E-state index in [0.29, 0.717) is 23.6 Å². The topological polar surface area (TPSA) is 26.0 Å². The van der Waals surface area contributed by atoms with Crippen LogP contribution in [0.3, 0.4) is 0 Å². The third-order valence-corrected chi connectivity index (χ3v) is 3.58. The number of hydrogen-bond acceptors (Lipinski definition) is 1. The van der Waals surface area contributed by atoms with E-state index < -0.39 is 23.3 Å². The van der Waals surface area contributed by atoms with Gasteiger partial charge in [-0.25, -0.2) is 22.0 Å². The highest BCUT2D eigenvalue weighted by Crippen LogP contribution is 2.34. The molecule has 0 spiro atoms. The minimum atomic E-state index is -1.73. The van der Waals surface area contributed by atoms with Crippen LogP contribution in [-0.4, -0.2) is 0 Å². The first kappa shape index (κ1) is 17.2. The van der Waals surface area contributed by atoms with Crippen LogP contribution in [0.2, 0.25) is 0 Å². The van der Waals surface area contributed by atoms with Crippen molar-refractivity contribution in [2.45, 2.75) is 26.2 Å². The van der Waals surface area contributed by atoms with E-state index in [9.17, 15) is 22.0 Å². The molecule has 0 aromatic heterocycles. The second kappa shape index (κ2) is 6.98. The molecular formula is C17H16F5N. The Morgan fingerprint density at radius 3 is 2.09 bits per heavy atom. The lowest BCUT2D eigenvalue weighted by molar-refractivity contribution is 0.403. The van der Waals surface area contributed by atoms with Crippen molar-refractivity contribution in [3.63, 3.8) is 0 Å². The molecule has 6 heteroatoms. The van der Waals surface area contributed by atoms with Crippen LogP contribution in [0.5, 0.6) is 0 Å². The molecule has 0 radical (unpaired) electrons. The van der Waals surface area contributed by atoms with Crippen molar-refractivity contribution >= 4 is 5.69 Å². The van der Waals surface area contributed by atoms with Gasteiger partial charge in [-0.1, -0.05) is 6.07 Å². The molecule has 0 atom stereocenters. The Balaban J connectivity index is 0.000000185. The molecule has 0 amide bonds. The molecule has 0 heterocycles. The smallest absolute Gasteiger partial charge is 0.197 e. The first-order valence-corrected chi connectivity index (χ1v) is 7.13. The average molecular weight is 329 g/mol. The largest absolute Gasteiger partial charge is 0.399 e. The van der Waals surface area contributed by atoms with Gasteiger partial charge in [0, 0.05) is 5.69 Å². The molecule has 2 aromatic carbocycles. The van der Waals surface area contributed by atoms with E-state index in [-0.39, 0.29) is 11.4 Å². The third-order valence-electron chi connectivity index (χ3n) is 3.58. The summed E-state index contributed by atoms with van der Waals surface area (Å²) in [4.78, 5) is 0. The fraction of sp³-hybridized carbons (Fsp3) is 0.294. The summed E-state index contributed by atoms with van der Waals surface area (Å²) in [6.07, 6.45) is 2.18. The number of rotatable bonds is 2. The van der Waals surface area contributed by atoms with E-state index in [1.165, 1.54) is 6.07 Å². The molecule has 0 bridgehead atoms. The van der Waals surface area contributed by atoms with Crippen LogP contribution in [0.25, 0.3) is 0 Å². The van der Waals surface area contributed by atoms with Gasteiger partial charge in [-0.3, -0.25) is 0 Å². The summed E-state index contributed by atoms with van der Waals surface area (Å²) in [5.74, 6) is -5.96. The van der Waals surface area contributed by atoms with Crippen LogP contribution in [0.15, 0.2) is 24.3 Å². The summed E-state index contributed by atoms with van der Waals surface area (Å²) in [5, 5.41) is 0. The number of nitrogens with two attached hydrogens (primary N) is 1. The van der Waals surface area contributed by atoms with Crippen molar-refractivity contribution in [3.05, 3.63) is 64.5 Å². The first-order chi connectivity index (χ1) is 10.8. The summed E-state index contributed by atoms with van der Waals surface area (Å²) in [7, 11) is 0. The predicted octanol–water partition coefficient (Wildman–Crippen LogP) is 4.91. The molecule has 2 aromatic rings. The normalized spacial score (nSPS) is 13.5. The van der Waals surface area contributed by atoms with Crippen LogP contribution in [0.1, 0.15) is 24.0 Å². The Morgan fingerprint density at radius 1 is 0.913 bits per heavy atom. The van der Waals surface area contributed by atoms with Gasteiger partial charge in [0.1, 0.15) is 5.82 Å². The maximum absolute atomic E-state index is 13.0. The maximum Gasteiger partial charge on any atom is 0.197 e. The Kier molecular flexibility index (Phi) is 5.23. The highest BCUT2D eigenvalue weighted by atomic mass is 19.2. The predicted molar refractivity (Wildman–Crippen MR) is 78.3 cm³/mol. The summed E-state index contributed by atoms with van der Waals surface area (Å²) in [6.45, 7) is 1.70. The zero-order valence-corrected chi connectivity index (χ0v) is 12.5. The van der Waals surface area contributed by atoms with E-state index in [1.807, 2.05) is 0 Å². The van der Waals surface area contributed by atoms with Crippen LogP contribution < -0.4 is 5.73 Å². The summed E-state index contributed by atoms with van der Waals surface area (Å²) >= 11 is 0. The molecule has 2 N–H and O–H groups in total. The third kappa shape index (κ3) is 4.43. The second-order valence-corrected chi connectivity index (χ2v) is 5.62. The molecule has 1 nitrogen and oxygen atoms in total. The van der Waals surface area contributed by atoms with Crippen LogP contribution in [0.4, 0.5) is 27.6 Å². The van der Waals surface area contributed by atoms with Crippen molar-refractivity contribution in [1.82, 2.24) is 0 Å². The molecule has 23 heavy (non-hydrogen) atoms. The molecule has 1 aliphatic carbocycles. The zero-order chi connectivity index (χ0) is 17.1. The van der Waals surface area contributed by atoms with Gasteiger partial charge in [0.05, 0.1) is 0 Å². The Hall–Kier alpha value is -2.11. The lowest BCUT2D eigenvalue weighted by Gasteiger charge is -2.04. The van der Waals surface area contributed by atoms with Crippen LogP contribution >= 0.6 is 0 Å². The minimum absolute atomic E-state index is 0.0658. The van der Waals surface area contributed by atoms with Gasteiger partial charge >= 0.3 is 0 Å². The van der Waals surface area contributed by atoms with Gasteiger partial charge in [0.15, 0.2) is 23.3 Å². The van der Waals surface area contributed by atoms with E-state index in [1.54, 1.807) is 19.1 Å². The van der Waals surface area contributed by atoms with Crippen molar-refractivity contribution in [2.75, 3.05) is 5.73 Å². The van der Waals surface area contributed by atoms with Gasteiger partial charge in [-0.15, -0.1) is 0 Å². The highest BCUT2D eigenvalue weighted by molar-refractivity contribution is 5.39. The second-order valence-electron chi connectivity index (χ2n) is 5.62. The van der Waals surface area contributed by atoms with Gasteiger partial charge in [-0.2, -0.15) is 0 Å². The molecule has 1 fully saturated rings. The summed E-state index contributed by atoms with van der Waals surface area (Å²) in [6, 6.07) is 5.39. The fourth-order valence-electron chi connectivity index (χ4n) is 2.01. The van der Waals surface area contributed by atoms with Gasteiger partial charge in [-0.05, 0) is 61.4 Å². The van der Waals surface area contributed by atoms with E-state index in [0.717, 1.165) is 18.9 Å². The Labute approximate surface area is 130 Å². The standard InChI is InChI=1S/C10H8F4.C7H8FN/c11-7-4-6(3-5-1-2-5)8(12)10(14)9(7)13;1-5-2-3-6(9)4-7(5)8/h4-5H,1-3H2;2-4H,9H2,1H3. The number of anilines is 1. The lowest BCUT2D eigenvalue weighted by atomic mass is 10.1. The summed E-state index contributed by atoms with van der Waals surface area (Å²) in [5.41, 5.74) is 6.32. The Morgan fingerprint density at radius 2 is 1.57 bits per heavy atom. The first-order valence-electron chi connectivity index (χ1n) is 7.13. The van der Waals surface area contributed by atoms with Crippen molar-refractivity contribution < 1.29 is 22.0 Å². The van der Waals surface area contributed by atoms with Gasteiger partial charge < -0.3 is 5.73 Å². The average Bonchev–Trinajstić information content (AvgIpc) is 3.31. The molecular weight excluding hydrogens is 313 g/mol. The zero-order valence-electron chi connectivity index (χ0n) is 12.5. The molecule has 0 aliphatic heterocycles. The van der Waals surface area contributed by atoms with Crippen molar-refractivity contribution in [3.8, 4) is 0 Å². The Bertz CT molecular complexity index is 711. The lowest BCUT2D eigenvalue weighted by Crippen LogP contribution is -2.02. The van der Waals surface area contributed by atoms with E-state index >= 15 is 0 Å². The molecule has 1 saturated carbocycles. The highest BCUT2D eigenvalue weighted by Gasteiger charge is 2.26. The molecule has 124 valence electrons. The van der Waals surface area contributed by atoms with Crippen molar-refractivity contribution in [2.24, 2.45) is 5.92 Å². The quantitative estimate of drug-likeness (QED) is 0.360. The number of benzene rings is 2. The minimum Gasteiger partial charge on any atom is -0.399 e. The monoisotopic (exact) mass is 329 g/mol. The van der Waals surface area contributed by atoms with Gasteiger partial charge in [0.2, 0.25) is 0 Å². The van der Waals surface area contributed by atoms with Crippen LogP contribution in [0, 0.1) is 41.9 Å². The number of nitrogen functional groups attached to an aromatic ring is 1. The number of halogens is 5. The van der Waals surface area contributed by atoms with Gasteiger partial charge in [0.25, 0.3) is 0 Å². The number of aryl methyl sites for hydroxylation is 1. The molecule has 1 aliphatic rings. The molecule has 0 unspecified atom stereocenters. The fourth-order valence-corrected chi connectivity index (χ4v) is 2.01. The molecule has 0 saturated heterocycles. The maximum atomic E-state index is 13.0. The van der Waals surface area contributed by atoms with Crippen molar-refractivity contribution in [1.29, 1.82) is 0 Å².